The van der Waals surface area contributed by atoms with Crippen molar-refractivity contribution in [2.75, 3.05) is 50.1 Å². The zero-order chi connectivity index (χ0) is 20.1. The summed E-state index contributed by atoms with van der Waals surface area (Å²) in [6.07, 6.45) is 0. The molecule has 6 nitrogen and oxygen atoms in total. The number of hydrogen-bond acceptors (Lipinski definition) is 4. The van der Waals surface area contributed by atoms with Crippen LogP contribution in [0.1, 0.15) is 27.6 Å². The van der Waals surface area contributed by atoms with Crippen molar-refractivity contribution in [2.24, 2.45) is 0 Å². The Bertz CT molecular complexity index is 864. The van der Waals surface area contributed by atoms with Crippen LogP contribution in [0.4, 0.5) is 11.4 Å². The average molecular weight is 403 g/mol. The molecule has 2 aromatic carbocycles. The SMILES string of the molecule is CC[NH+]1CCN(c2ccc(C(=O)OC)cc2NC(=O)c2cccc(Cl)c2)CC1. The second-order valence-corrected chi connectivity index (χ2v) is 7.22. The molecule has 0 saturated carbocycles. The van der Waals surface area contributed by atoms with E-state index in [4.69, 9.17) is 16.3 Å². The van der Waals surface area contributed by atoms with E-state index in [0.717, 1.165) is 38.4 Å². The van der Waals surface area contributed by atoms with E-state index >= 15 is 0 Å². The largest absolute Gasteiger partial charge is 0.465 e. The third-order valence-corrected chi connectivity index (χ3v) is 5.30. The molecular formula is C21H25ClN3O3+. The van der Waals surface area contributed by atoms with Gasteiger partial charge in [0.25, 0.3) is 5.91 Å². The summed E-state index contributed by atoms with van der Waals surface area (Å²) in [5, 5.41) is 3.44. The molecule has 28 heavy (non-hydrogen) atoms. The van der Waals surface area contributed by atoms with E-state index in [2.05, 4.69) is 17.1 Å². The van der Waals surface area contributed by atoms with Gasteiger partial charge in [-0.05, 0) is 43.3 Å². The lowest BCUT2D eigenvalue weighted by molar-refractivity contribution is -0.898. The van der Waals surface area contributed by atoms with Crippen LogP contribution in [0.2, 0.25) is 5.02 Å². The number of benzene rings is 2. The van der Waals surface area contributed by atoms with Crippen LogP contribution in [0.3, 0.4) is 0 Å². The van der Waals surface area contributed by atoms with Crippen LogP contribution in [0.5, 0.6) is 0 Å². The van der Waals surface area contributed by atoms with Gasteiger partial charge in [-0.2, -0.15) is 0 Å². The first-order chi connectivity index (χ1) is 13.5. The molecule has 1 aliphatic heterocycles. The Labute approximate surface area is 170 Å². The zero-order valence-electron chi connectivity index (χ0n) is 16.1. The van der Waals surface area contributed by atoms with Crippen LogP contribution < -0.4 is 15.1 Å². The lowest BCUT2D eigenvalue weighted by atomic mass is 10.1. The quantitative estimate of drug-likeness (QED) is 0.752. The Morgan fingerprint density at radius 1 is 1.14 bits per heavy atom. The minimum absolute atomic E-state index is 0.274. The van der Waals surface area contributed by atoms with E-state index in [1.807, 2.05) is 6.07 Å². The molecule has 0 atom stereocenters. The molecule has 0 aliphatic carbocycles. The molecule has 2 aromatic rings. The average Bonchev–Trinajstić information content (AvgIpc) is 2.73. The summed E-state index contributed by atoms with van der Waals surface area (Å²) < 4.78 is 4.82. The predicted octanol–water partition coefficient (Wildman–Crippen LogP) is 2.10. The van der Waals surface area contributed by atoms with Crippen LogP contribution in [0.15, 0.2) is 42.5 Å². The molecule has 2 N–H and O–H groups in total. The molecule has 0 aromatic heterocycles. The fourth-order valence-corrected chi connectivity index (χ4v) is 3.59. The first kappa shape index (κ1) is 20.2. The molecule has 0 bridgehead atoms. The van der Waals surface area contributed by atoms with Crippen molar-refractivity contribution in [3.05, 3.63) is 58.6 Å². The number of hydrogen-bond donors (Lipinski definition) is 2. The number of nitrogens with one attached hydrogen (secondary N) is 2. The minimum atomic E-state index is -0.440. The van der Waals surface area contributed by atoms with Crippen LogP contribution in [0, 0.1) is 0 Å². The first-order valence-electron chi connectivity index (χ1n) is 9.39. The number of carbonyl (C=O) groups is 2. The number of anilines is 2. The van der Waals surface area contributed by atoms with Gasteiger partial charge >= 0.3 is 5.97 Å². The van der Waals surface area contributed by atoms with Crippen molar-refractivity contribution in [1.29, 1.82) is 0 Å². The Balaban J connectivity index is 1.89. The maximum absolute atomic E-state index is 12.7. The molecule has 148 valence electrons. The highest BCUT2D eigenvalue weighted by Crippen LogP contribution is 2.28. The van der Waals surface area contributed by atoms with Gasteiger partial charge in [-0.1, -0.05) is 17.7 Å². The predicted molar refractivity (Wildman–Crippen MR) is 111 cm³/mol. The number of likely N-dealkylation sites (N-methyl/N-ethyl adjacent to an activating group) is 1. The van der Waals surface area contributed by atoms with Crippen molar-refractivity contribution >= 4 is 34.9 Å². The number of quaternary nitrogens is 1. The van der Waals surface area contributed by atoms with Gasteiger partial charge < -0.3 is 19.9 Å². The van der Waals surface area contributed by atoms with Crippen LogP contribution in [-0.2, 0) is 4.74 Å². The highest BCUT2D eigenvalue weighted by Gasteiger charge is 2.22. The summed E-state index contributed by atoms with van der Waals surface area (Å²) in [6, 6.07) is 12.0. The molecule has 0 unspecified atom stereocenters. The molecule has 0 radical (unpaired) electrons. The Hall–Kier alpha value is -2.57. The zero-order valence-corrected chi connectivity index (χ0v) is 16.9. The summed E-state index contributed by atoms with van der Waals surface area (Å²) in [7, 11) is 1.34. The number of ether oxygens (including phenoxy) is 1. The smallest absolute Gasteiger partial charge is 0.337 e. The number of rotatable bonds is 5. The summed E-state index contributed by atoms with van der Waals surface area (Å²) in [4.78, 5) is 28.5. The summed E-state index contributed by atoms with van der Waals surface area (Å²) in [5.74, 6) is -0.714. The van der Waals surface area contributed by atoms with E-state index in [1.54, 1.807) is 41.3 Å². The minimum Gasteiger partial charge on any atom is -0.465 e. The number of esters is 1. The van der Waals surface area contributed by atoms with E-state index < -0.39 is 5.97 Å². The van der Waals surface area contributed by atoms with Gasteiger partial charge in [0.05, 0.1) is 56.8 Å². The maximum atomic E-state index is 12.7. The fourth-order valence-electron chi connectivity index (χ4n) is 3.40. The van der Waals surface area contributed by atoms with Gasteiger partial charge in [-0.3, -0.25) is 4.79 Å². The lowest BCUT2D eigenvalue weighted by Gasteiger charge is -2.34. The van der Waals surface area contributed by atoms with Crippen LogP contribution in [0.25, 0.3) is 0 Å². The van der Waals surface area contributed by atoms with Crippen molar-refractivity contribution in [3.8, 4) is 0 Å². The maximum Gasteiger partial charge on any atom is 0.337 e. The third-order valence-electron chi connectivity index (χ3n) is 5.06. The van der Waals surface area contributed by atoms with Gasteiger partial charge in [0.15, 0.2) is 0 Å². The van der Waals surface area contributed by atoms with Crippen molar-refractivity contribution < 1.29 is 19.2 Å². The van der Waals surface area contributed by atoms with Crippen molar-refractivity contribution in [1.82, 2.24) is 0 Å². The van der Waals surface area contributed by atoms with Gasteiger partial charge in [0.1, 0.15) is 0 Å². The topological polar surface area (TPSA) is 63.1 Å². The highest BCUT2D eigenvalue weighted by molar-refractivity contribution is 6.31. The summed E-state index contributed by atoms with van der Waals surface area (Å²) >= 11 is 6.01. The number of piperazine rings is 1. The van der Waals surface area contributed by atoms with Gasteiger partial charge in [0.2, 0.25) is 0 Å². The molecule has 1 amide bonds. The summed E-state index contributed by atoms with van der Waals surface area (Å²) in [6.45, 7) is 7.15. The number of halogens is 1. The van der Waals surface area contributed by atoms with Crippen LogP contribution >= 0.6 is 11.6 Å². The van der Waals surface area contributed by atoms with Crippen LogP contribution in [-0.4, -0.2) is 51.7 Å². The van der Waals surface area contributed by atoms with Gasteiger partial charge in [-0.15, -0.1) is 0 Å². The molecule has 3 rings (SSSR count). The standard InChI is InChI=1S/C21H24ClN3O3/c1-3-24-9-11-25(12-10-24)19-8-7-16(21(27)28-2)14-18(19)23-20(26)15-5-4-6-17(22)13-15/h4-8,13-14H,3,9-12H2,1-2H3,(H,23,26)/p+1. The molecule has 1 fully saturated rings. The molecule has 0 spiro atoms. The van der Waals surface area contributed by atoms with E-state index in [1.165, 1.54) is 7.11 Å². The third kappa shape index (κ3) is 4.64. The first-order valence-corrected chi connectivity index (χ1v) is 9.77. The second-order valence-electron chi connectivity index (χ2n) is 6.78. The fraction of sp³-hybridized carbons (Fsp3) is 0.333. The molecular weight excluding hydrogens is 378 g/mol. The van der Waals surface area contributed by atoms with Gasteiger partial charge in [-0.25, -0.2) is 4.79 Å². The van der Waals surface area contributed by atoms with E-state index in [0.29, 0.717) is 21.8 Å². The number of amides is 1. The highest BCUT2D eigenvalue weighted by atomic mass is 35.5. The molecule has 1 aliphatic rings. The second kappa shape index (κ2) is 9.08. The number of nitrogens with zero attached hydrogens (tertiary/aromatic N) is 1. The Kier molecular flexibility index (Phi) is 6.54. The normalized spacial score (nSPS) is 14.6. The van der Waals surface area contributed by atoms with E-state index in [-0.39, 0.29) is 5.91 Å². The number of methoxy groups -OCH3 is 1. The lowest BCUT2D eigenvalue weighted by Crippen LogP contribution is -3.14. The molecule has 1 saturated heterocycles. The van der Waals surface area contributed by atoms with Gasteiger partial charge in [0, 0.05) is 10.6 Å². The van der Waals surface area contributed by atoms with Crippen molar-refractivity contribution in [3.63, 3.8) is 0 Å². The molecule has 1 heterocycles. The monoisotopic (exact) mass is 402 g/mol. The summed E-state index contributed by atoms with van der Waals surface area (Å²) in [5.41, 5.74) is 2.35. The Morgan fingerprint density at radius 3 is 2.54 bits per heavy atom. The van der Waals surface area contributed by atoms with Crippen molar-refractivity contribution in [2.45, 2.75) is 6.92 Å². The molecule has 7 heteroatoms. The Morgan fingerprint density at radius 2 is 1.89 bits per heavy atom. The number of carbonyl (C=O) groups excluding carboxylic acids is 2. The van der Waals surface area contributed by atoms with E-state index in [9.17, 15) is 9.59 Å².